The highest BCUT2D eigenvalue weighted by Crippen LogP contribution is 2.24. The largest absolute Gasteiger partial charge is 0.465 e. The van der Waals surface area contributed by atoms with Crippen molar-refractivity contribution in [2.75, 3.05) is 7.11 Å². The predicted molar refractivity (Wildman–Crippen MR) is 63.7 cm³/mol. The van der Waals surface area contributed by atoms with E-state index in [1.165, 1.54) is 12.7 Å². The number of benzene rings is 1. The normalized spacial score (nSPS) is 11.0. The second-order valence-corrected chi connectivity index (χ2v) is 4.15. The van der Waals surface area contributed by atoms with Gasteiger partial charge in [-0.2, -0.15) is 0 Å². The minimum absolute atomic E-state index is 0.299. The molecule has 3 heteroatoms. The summed E-state index contributed by atoms with van der Waals surface area (Å²) in [5, 5.41) is 0.929. The van der Waals surface area contributed by atoms with Crippen LogP contribution in [0, 0.1) is 0 Å². The van der Waals surface area contributed by atoms with E-state index < -0.39 is 0 Å². The summed E-state index contributed by atoms with van der Waals surface area (Å²) in [4.78, 5) is 14.6. The average molecular weight is 217 g/mol. The number of ether oxygens (including phenoxy) is 1. The summed E-state index contributed by atoms with van der Waals surface area (Å²) in [5.74, 6) is 0.150. The summed E-state index contributed by atoms with van der Waals surface area (Å²) in [6.07, 6.45) is 1.70. The fourth-order valence-corrected chi connectivity index (χ4v) is 1.78. The van der Waals surface area contributed by atoms with Gasteiger partial charge in [-0.1, -0.05) is 19.9 Å². The van der Waals surface area contributed by atoms with E-state index >= 15 is 0 Å². The molecule has 0 spiro atoms. The van der Waals surface area contributed by atoms with Crippen molar-refractivity contribution in [1.82, 2.24) is 4.98 Å². The molecular weight excluding hydrogens is 202 g/mol. The first-order chi connectivity index (χ1) is 7.63. The Hall–Kier alpha value is -1.77. The second-order valence-electron chi connectivity index (χ2n) is 4.15. The van der Waals surface area contributed by atoms with E-state index in [1.54, 1.807) is 6.20 Å². The summed E-state index contributed by atoms with van der Waals surface area (Å²) >= 11 is 0. The molecule has 0 unspecified atom stereocenters. The van der Waals surface area contributed by atoms with Crippen LogP contribution in [0.5, 0.6) is 0 Å². The number of carbonyl (C=O) groups is 1. The number of H-pyrrole nitrogens is 1. The van der Waals surface area contributed by atoms with Crippen molar-refractivity contribution < 1.29 is 9.53 Å². The van der Waals surface area contributed by atoms with Gasteiger partial charge in [0.05, 0.1) is 12.7 Å². The number of aromatic amines is 1. The van der Waals surface area contributed by atoms with Crippen LogP contribution in [0.15, 0.2) is 24.4 Å². The third-order valence-corrected chi connectivity index (χ3v) is 2.78. The molecule has 1 aromatic carbocycles. The van der Waals surface area contributed by atoms with E-state index in [-0.39, 0.29) is 5.97 Å². The molecule has 0 aliphatic carbocycles. The van der Waals surface area contributed by atoms with E-state index in [2.05, 4.69) is 24.9 Å². The highest BCUT2D eigenvalue weighted by Gasteiger charge is 2.12. The lowest BCUT2D eigenvalue weighted by atomic mass is 10.0. The minimum Gasteiger partial charge on any atom is -0.465 e. The van der Waals surface area contributed by atoms with Gasteiger partial charge in [0.25, 0.3) is 0 Å². The van der Waals surface area contributed by atoms with Crippen LogP contribution in [0.2, 0.25) is 0 Å². The lowest BCUT2D eigenvalue weighted by molar-refractivity contribution is 0.0603. The van der Waals surface area contributed by atoms with Gasteiger partial charge in [0.15, 0.2) is 0 Å². The molecule has 2 rings (SSSR count). The molecule has 1 aromatic heterocycles. The average Bonchev–Trinajstić information content (AvgIpc) is 2.70. The van der Waals surface area contributed by atoms with Gasteiger partial charge in [-0.05, 0) is 23.6 Å². The summed E-state index contributed by atoms with van der Waals surface area (Å²) < 4.78 is 4.74. The monoisotopic (exact) mass is 217 g/mol. The Labute approximate surface area is 94.4 Å². The van der Waals surface area contributed by atoms with E-state index in [0.29, 0.717) is 11.5 Å². The molecule has 1 N–H and O–H groups in total. The topological polar surface area (TPSA) is 42.1 Å². The Morgan fingerprint density at radius 2 is 2.12 bits per heavy atom. The number of aromatic nitrogens is 1. The number of nitrogens with one attached hydrogen (secondary N) is 1. The summed E-state index contributed by atoms with van der Waals surface area (Å²) in [6.45, 7) is 4.26. The van der Waals surface area contributed by atoms with E-state index in [0.717, 1.165) is 10.9 Å². The number of methoxy groups -OCH3 is 1. The molecule has 0 fully saturated rings. The van der Waals surface area contributed by atoms with Crippen LogP contribution in [-0.2, 0) is 4.74 Å². The third kappa shape index (κ3) is 1.69. The minimum atomic E-state index is -0.299. The molecule has 16 heavy (non-hydrogen) atoms. The molecule has 3 nitrogen and oxygen atoms in total. The van der Waals surface area contributed by atoms with Gasteiger partial charge >= 0.3 is 5.97 Å². The Balaban J connectivity index is 2.60. The van der Waals surface area contributed by atoms with Crippen molar-refractivity contribution in [2.45, 2.75) is 19.8 Å². The number of carbonyl (C=O) groups excluding carboxylic acids is 1. The van der Waals surface area contributed by atoms with Crippen molar-refractivity contribution in [3.8, 4) is 0 Å². The molecule has 1 heterocycles. The molecule has 84 valence electrons. The number of hydrogen-bond acceptors (Lipinski definition) is 2. The summed E-state index contributed by atoms with van der Waals surface area (Å²) in [6, 6.07) is 6.12. The van der Waals surface area contributed by atoms with Crippen LogP contribution in [0.1, 0.15) is 35.7 Å². The van der Waals surface area contributed by atoms with Crippen LogP contribution in [0.4, 0.5) is 0 Å². The fraction of sp³-hybridized carbons (Fsp3) is 0.308. The quantitative estimate of drug-likeness (QED) is 0.785. The maximum absolute atomic E-state index is 11.5. The van der Waals surface area contributed by atoms with Gasteiger partial charge in [-0.25, -0.2) is 4.79 Å². The van der Waals surface area contributed by atoms with Crippen LogP contribution in [0.3, 0.4) is 0 Å². The third-order valence-electron chi connectivity index (χ3n) is 2.78. The van der Waals surface area contributed by atoms with Gasteiger partial charge in [-0.15, -0.1) is 0 Å². The highest BCUT2D eigenvalue weighted by molar-refractivity contribution is 6.04. The Bertz CT molecular complexity index is 526. The van der Waals surface area contributed by atoms with E-state index in [1.807, 2.05) is 12.1 Å². The molecule has 2 aromatic rings. The molecular formula is C13H15NO2. The number of fused-ring (bicyclic) bond motifs is 1. The van der Waals surface area contributed by atoms with Crippen molar-refractivity contribution in [3.63, 3.8) is 0 Å². The molecule has 0 bridgehead atoms. The first kappa shape index (κ1) is 10.7. The number of esters is 1. The van der Waals surface area contributed by atoms with Crippen molar-refractivity contribution >= 4 is 16.9 Å². The van der Waals surface area contributed by atoms with Gasteiger partial charge < -0.3 is 9.72 Å². The summed E-state index contributed by atoms with van der Waals surface area (Å²) in [5.41, 5.74) is 2.78. The van der Waals surface area contributed by atoms with Crippen molar-refractivity contribution in [3.05, 3.63) is 35.5 Å². The first-order valence-corrected chi connectivity index (χ1v) is 5.33. The second kappa shape index (κ2) is 4.00. The zero-order valence-corrected chi connectivity index (χ0v) is 9.70. The Morgan fingerprint density at radius 3 is 2.75 bits per heavy atom. The van der Waals surface area contributed by atoms with Crippen LogP contribution < -0.4 is 0 Å². The smallest absolute Gasteiger partial charge is 0.340 e. The Kier molecular flexibility index (Phi) is 2.69. The zero-order valence-electron chi connectivity index (χ0n) is 9.70. The first-order valence-electron chi connectivity index (χ1n) is 5.33. The molecule has 0 aliphatic rings. The van der Waals surface area contributed by atoms with Gasteiger partial charge in [0.1, 0.15) is 0 Å². The van der Waals surface area contributed by atoms with Gasteiger partial charge in [-0.3, -0.25) is 0 Å². The molecule has 0 atom stereocenters. The zero-order chi connectivity index (χ0) is 11.7. The molecule has 0 aliphatic heterocycles. The SMILES string of the molecule is COC(=O)c1c[nH]c2ccc(C(C)C)cc12. The molecule has 0 saturated heterocycles. The predicted octanol–water partition coefficient (Wildman–Crippen LogP) is 3.08. The van der Waals surface area contributed by atoms with Gasteiger partial charge in [0, 0.05) is 17.1 Å². The van der Waals surface area contributed by atoms with Crippen LogP contribution >= 0.6 is 0 Å². The standard InChI is InChI=1S/C13H15NO2/c1-8(2)9-4-5-12-10(6-9)11(7-14-12)13(15)16-3/h4-8,14H,1-3H3. The highest BCUT2D eigenvalue weighted by atomic mass is 16.5. The molecule has 0 radical (unpaired) electrons. The van der Waals surface area contributed by atoms with Crippen molar-refractivity contribution in [2.24, 2.45) is 0 Å². The fourth-order valence-electron chi connectivity index (χ4n) is 1.78. The molecule has 0 saturated carbocycles. The van der Waals surface area contributed by atoms with Crippen molar-refractivity contribution in [1.29, 1.82) is 0 Å². The maximum Gasteiger partial charge on any atom is 0.340 e. The maximum atomic E-state index is 11.5. The lowest BCUT2D eigenvalue weighted by Gasteiger charge is -2.05. The lowest BCUT2D eigenvalue weighted by Crippen LogP contribution is -1.99. The number of hydrogen-bond donors (Lipinski definition) is 1. The summed E-state index contributed by atoms with van der Waals surface area (Å²) in [7, 11) is 1.40. The van der Waals surface area contributed by atoms with Crippen LogP contribution in [-0.4, -0.2) is 18.1 Å². The number of rotatable bonds is 2. The van der Waals surface area contributed by atoms with Gasteiger partial charge in [0.2, 0.25) is 0 Å². The van der Waals surface area contributed by atoms with E-state index in [9.17, 15) is 4.79 Å². The molecule has 0 amide bonds. The van der Waals surface area contributed by atoms with Crippen LogP contribution in [0.25, 0.3) is 10.9 Å². The Morgan fingerprint density at radius 1 is 1.38 bits per heavy atom. The van der Waals surface area contributed by atoms with E-state index in [4.69, 9.17) is 4.74 Å².